The number of aromatic hydroxyl groups is 1. The maximum Gasteiger partial charge on any atom is 0.121 e. The van der Waals surface area contributed by atoms with Crippen molar-refractivity contribution in [2.75, 3.05) is 26.3 Å². The summed E-state index contributed by atoms with van der Waals surface area (Å²) in [6.07, 6.45) is 6.27. The monoisotopic (exact) mass is 413 g/mol. The lowest BCUT2D eigenvalue weighted by Gasteiger charge is -2.16. The van der Waals surface area contributed by atoms with E-state index in [1.807, 2.05) is 0 Å². The summed E-state index contributed by atoms with van der Waals surface area (Å²) in [5, 5.41) is 32.3. The third-order valence-electron chi connectivity index (χ3n) is 6.01. The van der Waals surface area contributed by atoms with E-state index in [9.17, 15) is 15.3 Å². The van der Waals surface area contributed by atoms with E-state index in [1.165, 1.54) is 24.5 Å². The van der Waals surface area contributed by atoms with Crippen molar-refractivity contribution in [3.63, 3.8) is 0 Å². The van der Waals surface area contributed by atoms with Crippen LogP contribution >= 0.6 is 0 Å². The summed E-state index contributed by atoms with van der Waals surface area (Å²) in [4.78, 5) is 0. The minimum Gasteiger partial charge on any atom is -0.508 e. The molecule has 1 unspecified atom stereocenters. The second kappa shape index (κ2) is 11.5. The van der Waals surface area contributed by atoms with Gasteiger partial charge in [0.15, 0.2) is 0 Å². The Kier molecular flexibility index (Phi) is 8.70. The quantitative estimate of drug-likeness (QED) is 0.354. The number of unbranched alkanes of at least 4 members (excludes halogenated alkanes) is 3. The summed E-state index contributed by atoms with van der Waals surface area (Å²) in [6.45, 7) is 2.75. The smallest absolute Gasteiger partial charge is 0.121 e. The Labute approximate surface area is 179 Å². The molecule has 164 valence electrons. The van der Waals surface area contributed by atoms with E-state index in [4.69, 9.17) is 4.74 Å². The molecule has 0 heterocycles. The number of hydrogen-bond acceptors (Lipinski definition) is 5. The van der Waals surface area contributed by atoms with Crippen LogP contribution in [0.3, 0.4) is 0 Å². The summed E-state index contributed by atoms with van der Waals surface area (Å²) < 4.78 is 5.97. The van der Waals surface area contributed by atoms with E-state index in [1.54, 1.807) is 12.1 Å². The average molecular weight is 414 g/mol. The molecule has 4 N–H and O–H groups in total. The molecule has 2 aromatic carbocycles. The molecular formula is C25H35NO4. The average Bonchev–Trinajstić information content (AvgIpc) is 3.57. The molecule has 30 heavy (non-hydrogen) atoms. The first-order valence-electron chi connectivity index (χ1n) is 11.1. The highest BCUT2D eigenvalue weighted by atomic mass is 16.5. The van der Waals surface area contributed by atoms with Gasteiger partial charge in [0.05, 0.1) is 19.3 Å². The highest BCUT2D eigenvalue weighted by molar-refractivity contribution is 5.36. The molecular weight excluding hydrogens is 378 g/mol. The molecule has 0 aromatic heterocycles. The van der Waals surface area contributed by atoms with E-state index < -0.39 is 6.10 Å². The van der Waals surface area contributed by atoms with Gasteiger partial charge >= 0.3 is 0 Å². The highest BCUT2D eigenvalue weighted by Crippen LogP contribution is 2.48. The summed E-state index contributed by atoms with van der Waals surface area (Å²) in [5.74, 6) is 0.0535. The van der Waals surface area contributed by atoms with Crippen LogP contribution in [0.4, 0.5) is 0 Å². The van der Waals surface area contributed by atoms with Gasteiger partial charge in [0.25, 0.3) is 0 Å². The molecule has 0 bridgehead atoms. The Hall–Kier alpha value is -1.92. The van der Waals surface area contributed by atoms with Gasteiger partial charge in [-0.1, -0.05) is 49.2 Å². The summed E-state index contributed by atoms with van der Waals surface area (Å²) in [5.41, 5.74) is 2.83. The minimum atomic E-state index is -0.649. The second-order valence-corrected chi connectivity index (χ2v) is 8.38. The lowest BCUT2D eigenvalue weighted by Crippen LogP contribution is -2.22. The normalized spacial score (nSPS) is 15.8. The van der Waals surface area contributed by atoms with Gasteiger partial charge in [0.1, 0.15) is 5.75 Å². The van der Waals surface area contributed by atoms with E-state index >= 15 is 0 Å². The zero-order valence-corrected chi connectivity index (χ0v) is 17.7. The van der Waals surface area contributed by atoms with Gasteiger partial charge in [-0.05, 0) is 55.5 Å². The van der Waals surface area contributed by atoms with Gasteiger partial charge in [0, 0.05) is 24.1 Å². The van der Waals surface area contributed by atoms with Crippen molar-refractivity contribution in [3.8, 4) is 5.75 Å². The van der Waals surface area contributed by atoms with Gasteiger partial charge < -0.3 is 25.4 Å². The molecule has 1 atom stereocenters. The van der Waals surface area contributed by atoms with Crippen molar-refractivity contribution in [2.24, 2.45) is 0 Å². The fraction of sp³-hybridized carbons (Fsp3) is 0.520. The predicted molar refractivity (Wildman–Crippen MR) is 119 cm³/mol. The molecule has 0 amide bonds. The van der Waals surface area contributed by atoms with Crippen LogP contribution in [-0.2, 0) is 16.8 Å². The zero-order chi connectivity index (χ0) is 21.2. The lowest BCUT2D eigenvalue weighted by molar-refractivity contribution is 0.109. The van der Waals surface area contributed by atoms with Gasteiger partial charge in [-0.3, -0.25) is 0 Å². The van der Waals surface area contributed by atoms with Crippen molar-refractivity contribution in [3.05, 3.63) is 65.2 Å². The number of nitrogens with one attached hydrogen (secondary N) is 1. The maximum atomic E-state index is 10.2. The van der Waals surface area contributed by atoms with Crippen LogP contribution in [0.2, 0.25) is 0 Å². The highest BCUT2D eigenvalue weighted by Gasteiger charge is 2.44. The molecule has 3 rings (SSSR count). The predicted octanol–water partition coefficient (Wildman–Crippen LogP) is 3.82. The SMILES string of the molecule is OCc1cc(C(O)CNCCCCCCOCC2(c3ccccc3)CC2)ccc1O. The lowest BCUT2D eigenvalue weighted by atomic mass is 9.97. The molecule has 5 heteroatoms. The molecule has 2 aromatic rings. The number of rotatable bonds is 14. The van der Waals surface area contributed by atoms with Crippen molar-refractivity contribution >= 4 is 0 Å². The van der Waals surface area contributed by atoms with Gasteiger partial charge in [-0.2, -0.15) is 0 Å². The number of aliphatic hydroxyl groups excluding tert-OH is 2. The van der Waals surface area contributed by atoms with Crippen LogP contribution in [0.1, 0.15) is 61.3 Å². The largest absolute Gasteiger partial charge is 0.508 e. The molecule has 1 aliphatic carbocycles. The van der Waals surface area contributed by atoms with Crippen LogP contribution in [0, 0.1) is 0 Å². The van der Waals surface area contributed by atoms with E-state index in [0.29, 0.717) is 17.7 Å². The number of phenols is 1. The Morgan fingerprint density at radius 3 is 2.50 bits per heavy atom. The first-order chi connectivity index (χ1) is 14.6. The Morgan fingerprint density at radius 1 is 1.00 bits per heavy atom. The Balaban J connectivity index is 1.20. The van der Waals surface area contributed by atoms with Gasteiger partial charge in [0.2, 0.25) is 0 Å². The van der Waals surface area contributed by atoms with Crippen LogP contribution in [0.5, 0.6) is 5.75 Å². The van der Waals surface area contributed by atoms with Crippen molar-refractivity contribution < 1.29 is 20.1 Å². The molecule has 1 saturated carbocycles. The fourth-order valence-corrected chi connectivity index (χ4v) is 3.83. The van der Waals surface area contributed by atoms with Crippen LogP contribution in [0.25, 0.3) is 0 Å². The first-order valence-corrected chi connectivity index (χ1v) is 11.1. The third-order valence-corrected chi connectivity index (χ3v) is 6.01. The summed E-state index contributed by atoms with van der Waals surface area (Å²) >= 11 is 0. The Bertz CT molecular complexity index is 761. The topological polar surface area (TPSA) is 82.0 Å². The Morgan fingerprint density at radius 2 is 1.77 bits per heavy atom. The maximum absolute atomic E-state index is 10.2. The van der Waals surface area contributed by atoms with Crippen molar-refractivity contribution in [1.82, 2.24) is 5.32 Å². The van der Waals surface area contributed by atoms with Crippen LogP contribution in [-0.4, -0.2) is 41.6 Å². The summed E-state index contributed by atoms with van der Waals surface area (Å²) in [7, 11) is 0. The van der Waals surface area contributed by atoms with Crippen LogP contribution in [0.15, 0.2) is 48.5 Å². The standard InChI is InChI=1S/C25H35NO4/c27-18-21-16-20(10-11-23(21)28)24(29)17-26-14-6-1-2-7-15-30-19-25(12-13-25)22-8-4-3-5-9-22/h3-5,8-11,16,24,26-29H,1-2,6-7,12-15,17-19H2. The molecule has 0 saturated heterocycles. The first kappa shape index (κ1) is 22.8. The van der Waals surface area contributed by atoms with Gasteiger partial charge in [-0.15, -0.1) is 0 Å². The number of aliphatic hydroxyl groups is 2. The summed E-state index contributed by atoms with van der Waals surface area (Å²) in [6, 6.07) is 15.6. The minimum absolute atomic E-state index is 0.0535. The van der Waals surface area contributed by atoms with E-state index in [0.717, 1.165) is 45.4 Å². The second-order valence-electron chi connectivity index (χ2n) is 8.38. The molecule has 5 nitrogen and oxygen atoms in total. The van der Waals surface area contributed by atoms with E-state index in [2.05, 4.69) is 35.6 Å². The zero-order valence-electron chi connectivity index (χ0n) is 17.7. The number of hydrogen-bond donors (Lipinski definition) is 4. The number of benzene rings is 2. The van der Waals surface area contributed by atoms with Crippen molar-refractivity contribution in [2.45, 2.75) is 56.7 Å². The van der Waals surface area contributed by atoms with Crippen LogP contribution < -0.4 is 5.32 Å². The third kappa shape index (κ3) is 6.54. The molecule has 0 aliphatic heterocycles. The molecule has 1 fully saturated rings. The number of ether oxygens (including phenoxy) is 1. The van der Waals surface area contributed by atoms with Crippen molar-refractivity contribution in [1.29, 1.82) is 0 Å². The van der Waals surface area contributed by atoms with Gasteiger partial charge in [-0.25, -0.2) is 0 Å². The fourth-order valence-electron chi connectivity index (χ4n) is 3.83. The molecule has 0 spiro atoms. The molecule has 1 aliphatic rings. The van der Waals surface area contributed by atoms with E-state index in [-0.39, 0.29) is 17.8 Å². The molecule has 0 radical (unpaired) electrons.